The van der Waals surface area contributed by atoms with Crippen LogP contribution in [0.2, 0.25) is 0 Å². The van der Waals surface area contributed by atoms with Gasteiger partial charge in [-0.3, -0.25) is 19.7 Å². The number of alkyl halides is 2. The van der Waals surface area contributed by atoms with Crippen molar-refractivity contribution in [2.75, 3.05) is 36.9 Å². The molecule has 5 heterocycles. The van der Waals surface area contributed by atoms with Crippen LogP contribution in [-0.4, -0.2) is 68.4 Å². The number of benzene rings is 1. The first-order valence-electron chi connectivity index (χ1n) is 12.0. The molecule has 6 rings (SSSR count). The number of hydrogen-bond acceptors (Lipinski definition) is 10. The Labute approximate surface area is 219 Å². The molecule has 2 aliphatic rings. The van der Waals surface area contributed by atoms with Crippen molar-refractivity contribution in [1.29, 1.82) is 0 Å². The molecular weight excluding hydrogens is 518 g/mol. The van der Waals surface area contributed by atoms with E-state index in [4.69, 9.17) is 4.74 Å². The van der Waals surface area contributed by atoms with Crippen LogP contribution < -0.4 is 15.0 Å². The first-order chi connectivity index (χ1) is 18.2. The molecule has 11 nitrogen and oxygen atoms in total. The van der Waals surface area contributed by atoms with Crippen molar-refractivity contribution in [3.63, 3.8) is 0 Å². The smallest absolute Gasteiger partial charge is 0.387 e. The van der Waals surface area contributed by atoms with E-state index in [9.17, 15) is 18.9 Å². The lowest BCUT2D eigenvalue weighted by molar-refractivity contribution is -0.384. The van der Waals surface area contributed by atoms with E-state index >= 15 is 0 Å². The minimum absolute atomic E-state index is 0.0339. The van der Waals surface area contributed by atoms with Crippen LogP contribution in [0.15, 0.2) is 35.8 Å². The van der Waals surface area contributed by atoms with Crippen molar-refractivity contribution in [3.8, 4) is 17.1 Å². The molecule has 4 aromatic rings. The summed E-state index contributed by atoms with van der Waals surface area (Å²) >= 11 is 1.52. The van der Waals surface area contributed by atoms with Gasteiger partial charge in [0.25, 0.3) is 5.69 Å². The summed E-state index contributed by atoms with van der Waals surface area (Å²) in [4.78, 5) is 24.3. The maximum atomic E-state index is 13.4. The second-order valence-corrected chi connectivity index (χ2v) is 10.5. The molecule has 0 aliphatic carbocycles. The van der Waals surface area contributed by atoms with E-state index in [1.54, 1.807) is 10.7 Å². The predicted octanol–water partition coefficient (Wildman–Crippen LogP) is 4.63. The number of likely N-dealkylation sites (N-methyl/N-ethyl adjacent to an activating group) is 1. The Kier molecular flexibility index (Phi) is 5.87. The van der Waals surface area contributed by atoms with E-state index in [1.165, 1.54) is 29.7 Å². The number of aryl methyl sites for hydroxylation is 1. The van der Waals surface area contributed by atoms with Crippen LogP contribution in [0.25, 0.3) is 21.6 Å². The lowest BCUT2D eigenvalue weighted by Crippen LogP contribution is -2.67. The number of fused-ring (bicyclic) bond motifs is 1. The number of anilines is 3. The van der Waals surface area contributed by atoms with Gasteiger partial charge in [0.05, 0.1) is 32.1 Å². The number of aromatic nitrogens is 4. The fraction of sp³-hybridized carbons (Fsp3) is 0.375. The number of nitro groups is 1. The number of thiophene rings is 1. The van der Waals surface area contributed by atoms with Gasteiger partial charge in [-0.25, -0.2) is 9.97 Å². The molecule has 0 bridgehead atoms. The molecule has 0 saturated carbocycles. The minimum atomic E-state index is -3.12. The zero-order chi connectivity index (χ0) is 26.6. The standard InChI is InChI=1S/C24H24F2N8O3S/c1-31-8-3-6-24(31)12-33(13-24)17-11-19(37-22(25)26)15(10-18(17)34(35)36)29-23-27-7-4-14(28-23)20-21-16(5-9-38-21)32(2)30-20/h4-5,7,9-11,22H,3,6,8,12-13H2,1-2H3,(H,27,28,29). The Morgan fingerprint density at radius 2 is 2.08 bits per heavy atom. The maximum absolute atomic E-state index is 13.4. The summed E-state index contributed by atoms with van der Waals surface area (Å²) in [6, 6.07) is 6.14. The molecule has 1 aromatic carbocycles. The van der Waals surface area contributed by atoms with E-state index < -0.39 is 11.5 Å². The Bertz CT molecular complexity index is 1530. The fourth-order valence-corrected chi connectivity index (χ4v) is 6.29. The summed E-state index contributed by atoms with van der Waals surface area (Å²) in [5.41, 5.74) is 2.07. The highest BCUT2D eigenvalue weighted by Crippen LogP contribution is 2.46. The summed E-state index contributed by atoms with van der Waals surface area (Å²) in [5, 5.41) is 21.4. The number of rotatable bonds is 7. The molecular formula is C24H24F2N8O3S. The molecule has 38 heavy (non-hydrogen) atoms. The molecule has 0 atom stereocenters. The molecule has 1 spiro atoms. The van der Waals surface area contributed by atoms with Crippen LogP contribution in [0.3, 0.4) is 0 Å². The third-order valence-corrected chi connectivity index (χ3v) is 8.26. The van der Waals surface area contributed by atoms with Crippen molar-refractivity contribution >= 4 is 44.6 Å². The number of nitro benzene ring substituents is 1. The Morgan fingerprint density at radius 3 is 2.79 bits per heavy atom. The summed E-state index contributed by atoms with van der Waals surface area (Å²) in [6.45, 7) is -0.995. The van der Waals surface area contributed by atoms with Gasteiger partial charge in [0.1, 0.15) is 11.4 Å². The average Bonchev–Trinajstić information content (AvgIpc) is 3.55. The van der Waals surface area contributed by atoms with Crippen molar-refractivity contribution < 1.29 is 18.4 Å². The van der Waals surface area contributed by atoms with Crippen LogP contribution in [0.4, 0.5) is 31.8 Å². The quantitative estimate of drug-likeness (QED) is 0.264. The number of likely N-dealkylation sites (tertiary alicyclic amines) is 1. The largest absolute Gasteiger partial charge is 0.433 e. The van der Waals surface area contributed by atoms with Crippen molar-refractivity contribution in [2.24, 2.45) is 7.05 Å². The lowest BCUT2D eigenvalue weighted by atomic mass is 9.86. The van der Waals surface area contributed by atoms with Crippen LogP contribution in [0.5, 0.6) is 5.75 Å². The molecule has 0 unspecified atom stereocenters. The number of hydrogen-bond donors (Lipinski definition) is 1. The highest BCUT2D eigenvalue weighted by molar-refractivity contribution is 7.17. The third-order valence-electron chi connectivity index (χ3n) is 7.35. The number of nitrogens with one attached hydrogen (secondary N) is 1. The highest BCUT2D eigenvalue weighted by Gasteiger charge is 2.50. The van der Waals surface area contributed by atoms with E-state index in [0.29, 0.717) is 24.5 Å². The third kappa shape index (κ3) is 4.09. The minimum Gasteiger partial charge on any atom is -0.433 e. The van der Waals surface area contributed by atoms with Gasteiger partial charge in [-0.1, -0.05) is 0 Å². The van der Waals surface area contributed by atoms with Crippen molar-refractivity contribution in [2.45, 2.75) is 25.0 Å². The molecule has 2 fully saturated rings. The first kappa shape index (κ1) is 24.4. The van der Waals surface area contributed by atoms with Crippen LogP contribution >= 0.6 is 11.3 Å². The fourth-order valence-electron chi connectivity index (χ4n) is 5.38. The Morgan fingerprint density at radius 1 is 1.26 bits per heavy atom. The summed E-state index contributed by atoms with van der Waals surface area (Å²) in [7, 11) is 3.87. The second-order valence-electron chi connectivity index (χ2n) is 9.58. The van der Waals surface area contributed by atoms with Gasteiger partial charge >= 0.3 is 6.61 Å². The maximum Gasteiger partial charge on any atom is 0.387 e. The van der Waals surface area contributed by atoms with Gasteiger partial charge in [-0.2, -0.15) is 13.9 Å². The molecule has 1 N–H and O–H groups in total. The van der Waals surface area contributed by atoms with Gasteiger partial charge in [-0.15, -0.1) is 11.3 Å². The Balaban J connectivity index is 1.35. The van der Waals surface area contributed by atoms with Gasteiger partial charge in [-0.05, 0) is 43.9 Å². The molecule has 198 valence electrons. The molecule has 14 heteroatoms. The number of ether oxygens (including phenoxy) is 1. The van der Waals surface area contributed by atoms with Crippen molar-refractivity contribution in [3.05, 3.63) is 46.0 Å². The van der Waals surface area contributed by atoms with Gasteiger partial charge in [0.15, 0.2) is 5.75 Å². The lowest BCUT2D eigenvalue weighted by Gasteiger charge is -2.52. The van der Waals surface area contributed by atoms with Gasteiger partial charge < -0.3 is 15.0 Å². The zero-order valence-electron chi connectivity index (χ0n) is 20.6. The summed E-state index contributed by atoms with van der Waals surface area (Å²) in [5.74, 6) is -0.164. The average molecular weight is 543 g/mol. The molecule has 2 saturated heterocycles. The monoisotopic (exact) mass is 542 g/mol. The molecule has 0 amide bonds. The second kappa shape index (κ2) is 9.13. The van der Waals surface area contributed by atoms with E-state index in [2.05, 4.69) is 25.3 Å². The molecule has 2 aliphatic heterocycles. The normalized spacial score (nSPS) is 16.9. The van der Waals surface area contributed by atoms with Gasteiger partial charge in [0, 0.05) is 38.5 Å². The topological polar surface area (TPSA) is 114 Å². The first-order valence-corrected chi connectivity index (χ1v) is 12.9. The van der Waals surface area contributed by atoms with Crippen molar-refractivity contribution in [1.82, 2.24) is 24.6 Å². The van der Waals surface area contributed by atoms with Crippen LogP contribution in [0, 0.1) is 10.1 Å². The van der Waals surface area contributed by atoms with Crippen LogP contribution in [-0.2, 0) is 7.05 Å². The summed E-state index contributed by atoms with van der Waals surface area (Å²) < 4.78 is 34.2. The molecule has 3 aromatic heterocycles. The number of nitrogens with zero attached hydrogens (tertiary/aromatic N) is 7. The number of halogens is 2. The van der Waals surface area contributed by atoms with E-state index in [-0.39, 0.29) is 34.3 Å². The van der Waals surface area contributed by atoms with E-state index in [0.717, 1.165) is 29.6 Å². The predicted molar refractivity (Wildman–Crippen MR) is 139 cm³/mol. The van der Waals surface area contributed by atoms with Gasteiger partial charge in [0.2, 0.25) is 5.95 Å². The zero-order valence-corrected chi connectivity index (χ0v) is 21.4. The summed E-state index contributed by atoms with van der Waals surface area (Å²) in [6.07, 6.45) is 3.56. The van der Waals surface area contributed by atoms with Crippen LogP contribution in [0.1, 0.15) is 12.8 Å². The Hall–Kier alpha value is -3.91. The highest BCUT2D eigenvalue weighted by atomic mass is 32.1. The molecule has 0 radical (unpaired) electrons. The SMILES string of the molecule is CN1CCCC12CN(c1cc(OC(F)F)c(Nc3nccc(-c4nn(C)c5ccsc45)n3)cc1[N+](=O)[O-])C2. The van der Waals surface area contributed by atoms with E-state index in [1.807, 2.05) is 30.4 Å².